The highest BCUT2D eigenvalue weighted by Crippen LogP contribution is 2.38. The maximum absolute atomic E-state index is 13.3. The van der Waals surface area contributed by atoms with Crippen LogP contribution in [0.25, 0.3) is 11.1 Å². The minimum atomic E-state index is -0.706. The Morgan fingerprint density at radius 1 is 1.07 bits per heavy atom. The molecule has 200 valence electrons. The number of ether oxygens (including phenoxy) is 1. The van der Waals surface area contributed by atoms with Crippen LogP contribution in [0.2, 0.25) is 0 Å². The average Bonchev–Trinajstić information content (AvgIpc) is 3.30. The SMILES string of the molecule is Cc1cc(-c2ccccc2)c(C(=O)C(=O)Nc2ccc3c(c2)OC[C@@H]2CN(c4ncc(C#N)cn4)CCN32)n1C. The summed E-state index contributed by atoms with van der Waals surface area (Å²) in [5, 5.41) is 11.8. The number of hydrogen-bond donors (Lipinski definition) is 1. The highest BCUT2D eigenvalue weighted by molar-refractivity contribution is 6.47. The Hall–Kier alpha value is -5.17. The van der Waals surface area contributed by atoms with Crippen molar-refractivity contribution in [2.45, 2.75) is 13.0 Å². The van der Waals surface area contributed by atoms with Crippen LogP contribution >= 0.6 is 0 Å². The van der Waals surface area contributed by atoms with Crippen molar-refractivity contribution in [2.75, 3.05) is 41.4 Å². The van der Waals surface area contributed by atoms with Gasteiger partial charge in [0.15, 0.2) is 0 Å². The molecule has 1 atom stereocenters. The summed E-state index contributed by atoms with van der Waals surface area (Å²) in [6.07, 6.45) is 3.06. The Balaban J connectivity index is 1.17. The number of amides is 1. The monoisotopic (exact) mass is 533 g/mol. The molecular weight excluding hydrogens is 506 g/mol. The van der Waals surface area contributed by atoms with Gasteiger partial charge in [-0.05, 0) is 30.7 Å². The Labute approximate surface area is 231 Å². The van der Waals surface area contributed by atoms with Crippen LogP contribution in [0, 0.1) is 18.3 Å². The van der Waals surface area contributed by atoms with Gasteiger partial charge < -0.3 is 24.4 Å². The summed E-state index contributed by atoms with van der Waals surface area (Å²) in [5.41, 5.74) is 4.70. The minimum Gasteiger partial charge on any atom is -0.489 e. The summed E-state index contributed by atoms with van der Waals surface area (Å²) in [4.78, 5) is 39.5. The molecule has 10 nitrogen and oxygen atoms in total. The van der Waals surface area contributed by atoms with Gasteiger partial charge in [0.2, 0.25) is 5.95 Å². The van der Waals surface area contributed by atoms with E-state index in [9.17, 15) is 9.59 Å². The van der Waals surface area contributed by atoms with Gasteiger partial charge in [-0.1, -0.05) is 30.3 Å². The predicted molar refractivity (Wildman–Crippen MR) is 151 cm³/mol. The van der Waals surface area contributed by atoms with Crippen molar-refractivity contribution >= 4 is 29.0 Å². The van der Waals surface area contributed by atoms with Crippen LogP contribution in [0.4, 0.5) is 17.3 Å². The molecular formula is C30H27N7O3. The van der Waals surface area contributed by atoms with E-state index in [4.69, 9.17) is 10.00 Å². The van der Waals surface area contributed by atoms with E-state index in [-0.39, 0.29) is 6.04 Å². The van der Waals surface area contributed by atoms with E-state index >= 15 is 0 Å². The molecule has 2 aromatic carbocycles. The fourth-order valence-electron chi connectivity index (χ4n) is 5.31. The van der Waals surface area contributed by atoms with Gasteiger partial charge in [0.25, 0.3) is 11.7 Å². The standard InChI is InChI=1S/C30H27N7O3/c1-19-12-24(21-6-4-3-5-7-21)27(35(19)2)28(38)29(39)34-22-8-9-25-26(13-22)40-18-23-17-36(10-11-37(23)25)30-32-15-20(14-31)16-33-30/h3-9,12-13,15-16,23H,10-11,17-18H2,1-2H3,(H,34,39)/t23-/m0/s1. The Kier molecular flexibility index (Phi) is 6.40. The summed E-state index contributed by atoms with van der Waals surface area (Å²) < 4.78 is 7.84. The number of aryl methyl sites for hydroxylation is 1. The highest BCUT2D eigenvalue weighted by atomic mass is 16.5. The molecule has 0 spiro atoms. The molecule has 40 heavy (non-hydrogen) atoms. The maximum Gasteiger partial charge on any atom is 0.298 e. The van der Waals surface area contributed by atoms with Crippen LogP contribution in [0.5, 0.6) is 5.75 Å². The van der Waals surface area contributed by atoms with E-state index < -0.39 is 11.7 Å². The van der Waals surface area contributed by atoms with Crippen LogP contribution in [-0.4, -0.2) is 58.5 Å². The molecule has 10 heteroatoms. The van der Waals surface area contributed by atoms with E-state index in [2.05, 4.69) is 25.1 Å². The molecule has 1 N–H and O–H groups in total. The van der Waals surface area contributed by atoms with Gasteiger partial charge in [-0.2, -0.15) is 5.26 Å². The van der Waals surface area contributed by atoms with Gasteiger partial charge >= 0.3 is 0 Å². The van der Waals surface area contributed by atoms with Crippen molar-refractivity contribution < 1.29 is 14.3 Å². The third-order valence-electron chi connectivity index (χ3n) is 7.47. The zero-order valence-electron chi connectivity index (χ0n) is 22.2. The highest BCUT2D eigenvalue weighted by Gasteiger charge is 2.34. The van der Waals surface area contributed by atoms with E-state index in [0.717, 1.165) is 29.1 Å². The minimum absolute atomic E-state index is 0.0968. The summed E-state index contributed by atoms with van der Waals surface area (Å²) in [5.74, 6) is -0.0578. The van der Waals surface area contributed by atoms with Gasteiger partial charge in [-0.15, -0.1) is 0 Å². The van der Waals surface area contributed by atoms with E-state index in [1.54, 1.807) is 23.7 Å². The van der Waals surface area contributed by atoms with Crippen LogP contribution in [-0.2, 0) is 11.8 Å². The zero-order valence-corrected chi connectivity index (χ0v) is 22.2. The summed E-state index contributed by atoms with van der Waals surface area (Å²) in [6, 6.07) is 19.1. The fraction of sp³-hybridized carbons (Fsp3) is 0.233. The first-order valence-electron chi connectivity index (χ1n) is 13.0. The summed E-state index contributed by atoms with van der Waals surface area (Å²) >= 11 is 0. The fourth-order valence-corrected chi connectivity index (χ4v) is 5.31. The van der Waals surface area contributed by atoms with Crippen LogP contribution in [0.3, 0.4) is 0 Å². The molecule has 6 rings (SSSR count). The van der Waals surface area contributed by atoms with Crippen LogP contribution in [0.1, 0.15) is 21.7 Å². The molecule has 0 saturated carbocycles. The third-order valence-corrected chi connectivity index (χ3v) is 7.47. The van der Waals surface area contributed by atoms with Gasteiger partial charge in [0.05, 0.1) is 29.7 Å². The van der Waals surface area contributed by atoms with Crippen LogP contribution in [0.15, 0.2) is 67.0 Å². The first kappa shape index (κ1) is 25.1. The maximum atomic E-state index is 13.3. The number of carbonyl (C=O) groups is 2. The molecule has 0 radical (unpaired) electrons. The largest absolute Gasteiger partial charge is 0.489 e. The number of ketones is 1. The lowest BCUT2D eigenvalue weighted by molar-refractivity contribution is -0.112. The number of nitriles is 1. The number of carbonyl (C=O) groups excluding carboxylic acids is 2. The molecule has 4 heterocycles. The van der Waals surface area contributed by atoms with Gasteiger partial charge in [0, 0.05) is 49.7 Å². The van der Waals surface area contributed by atoms with Crippen molar-refractivity contribution in [3.05, 3.63) is 83.9 Å². The quantitative estimate of drug-likeness (QED) is 0.306. The topological polar surface area (TPSA) is 116 Å². The number of piperazine rings is 1. The van der Waals surface area contributed by atoms with Crippen molar-refractivity contribution in [3.63, 3.8) is 0 Å². The molecule has 2 aliphatic rings. The Bertz CT molecular complexity index is 1640. The number of benzene rings is 2. The molecule has 0 aliphatic carbocycles. The molecule has 1 amide bonds. The number of fused-ring (bicyclic) bond motifs is 3. The molecule has 1 fully saturated rings. The molecule has 2 aliphatic heterocycles. The molecule has 4 aromatic rings. The van der Waals surface area contributed by atoms with Crippen molar-refractivity contribution in [3.8, 4) is 22.9 Å². The van der Waals surface area contributed by atoms with Gasteiger partial charge in [0.1, 0.15) is 24.1 Å². The summed E-state index contributed by atoms with van der Waals surface area (Å²) in [7, 11) is 1.79. The van der Waals surface area contributed by atoms with Gasteiger partial charge in [-0.3, -0.25) is 9.59 Å². The first-order chi connectivity index (χ1) is 19.4. The van der Waals surface area contributed by atoms with E-state index in [0.29, 0.717) is 48.3 Å². The lowest BCUT2D eigenvalue weighted by Crippen LogP contribution is -2.57. The number of hydrogen-bond acceptors (Lipinski definition) is 8. The molecule has 0 unspecified atom stereocenters. The molecule has 1 saturated heterocycles. The Morgan fingerprint density at radius 3 is 2.60 bits per heavy atom. The number of anilines is 3. The number of nitrogens with zero attached hydrogens (tertiary/aromatic N) is 6. The second kappa shape index (κ2) is 10.2. The van der Waals surface area contributed by atoms with E-state index in [1.165, 1.54) is 12.4 Å². The van der Waals surface area contributed by atoms with Crippen LogP contribution < -0.4 is 19.9 Å². The lowest BCUT2D eigenvalue weighted by atomic mass is 10.0. The lowest BCUT2D eigenvalue weighted by Gasteiger charge is -2.45. The van der Waals surface area contributed by atoms with Crippen molar-refractivity contribution in [2.24, 2.45) is 7.05 Å². The first-order valence-corrected chi connectivity index (χ1v) is 13.0. The smallest absolute Gasteiger partial charge is 0.298 e. The molecule has 2 aromatic heterocycles. The Morgan fingerprint density at radius 2 is 1.85 bits per heavy atom. The normalized spacial score (nSPS) is 15.9. The predicted octanol–water partition coefficient (Wildman–Crippen LogP) is 3.57. The zero-order chi connectivity index (χ0) is 27.8. The van der Waals surface area contributed by atoms with E-state index in [1.807, 2.05) is 55.5 Å². The summed E-state index contributed by atoms with van der Waals surface area (Å²) in [6.45, 7) is 4.50. The van der Waals surface area contributed by atoms with Crippen molar-refractivity contribution in [1.29, 1.82) is 5.26 Å². The van der Waals surface area contributed by atoms with Gasteiger partial charge in [-0.25, -0.2) is 9.97 Å². The molecule has 0 bridgehead atoms. The second-order valence-corrected chi connectivity index (χ2v) is 9.93. The second-order valence-electron chi connectivity index (χ2n) is 9.93. The van der Waals surface area contributed by atoms with Crippen molar-refractivity contribution in [1.82, 2.24) is 14.5 Å². The number of aromatic nitrogens is 3. The number of nitrogens with one attached hydrogen (secondary N) is 1. The third kappa shape index (κ3) is 4.52. The number of rotatable bonds is 5. The number of Topliss-reactive ketones (excluding diaryl/α,β-unsaturated/α-hetero) is 1. The average molecular weight is 534 g/mol.